The maximum absolute atomic E-state index is 12.2. The molecule has 0 aliphatic carbocycles. The normalized spacial score (nSPS) is 23.1. The summed E-state index contributed by atoms with van der Waals surface area (Å²) in [5.74, 6) is 0.879. The Bertz CT molecular complexity index is 480. The van der Waals surface area contributed by atoms with E-state index in [2.05, 4.69) is 4.90 Å². The summed E-state index contributed by atoms with van der Waals surface area (Å²) >= 11 is 0. The van der Waals surface area contributed by atoms with Gasteiger partial charge in [0, 0.05) is 12.7 Å². The van der Waals surface area contributed by atoms with E-state index in [4.69, 9.17) is 4.74 Å². The van der Waals surface area contributed by atoms with Crippen LogP contribution >= 0.6 is 0 Å². The number of ether oxygens (including phenoxy) is 1. The second kappa shape index (κ2) is 5.66. The Morgan fingerprint density at radius 3 is 2.75 bits per heavy atom. The highest BCUT2D eigenvalue weighted by Gasteiger charge is 2.33. The van der Waals surface area contributed by atoms with Gasteiger partial charge in [-0.05, 0) is 18.9 Å². The molecule has 108 valence electrons. The summed E-state index contributed by atoms with van der Waals surface area (Å²) in [6.07, 6.45) is 3.19. The molecule has 1 aromatic rings. The highest BCUT2D eigenvalue weighted by Crippen LogP contribution is 2.17. The van der Waals surface area contributed by atoms with Crippen LogP contribution in [0.1, 0.15) is 12.8 Å². The van der Waals surface area contributed by atoms with Crippen LogP contribution in [0, 0.1) is 0 Å². The van der Waals surface area contributed by atoms with Crippen LogP contribution in [0.3, 0.4) is 0 Å². The molecule has 2 aliphatic heterocycles. The van der Waals surface area contributed by atoms with E-state index in [-0.39, 0.29) is 12.0 Å². The lowest BCUT2D eigenvalue weighted by atomic mass is 10.2. The van der Waals surface area contributed by atoms with E-state index in [9.17, 15) is 10.0 Å². The van der Waals surface area contributed by atoms with Crippen LogP contribution in [0.4, 0.5) is 5.82 Å². The van der Waals surface area contributed by atoms with Crippen molar-refractivity contribution < 1.29 is 19.5 Å². The zero-order valence-electron chi connectivity index (χ0n) is 11.4. The molecule has 6 heteroatoms. The fraction of sp³-hybridized carbons (Fsp3) is 0.571. The first kappa shape index (κ1) is 13.2. The molecular weight excluding hydrogens is 258 g/mol. The molecule has 3 heterocycles. The monoisotopic (exact) mass is 278 g/mol. The zero-order chi connectivity index (χ0) is 13.9. The molecule has 0 aromatic carbocycles. The molecule has 6 nitrogen and oxygen atoms in total. The minimum atomic E-state index is -0.235. The van der Waals surface area contributed by atoms with Crippen LogP contribution in [0.25, 0.3) is 0 Å². The standard InChI is InChI=1S/C14H20N3O3/c18-14(12-4-3-11-20-12)16-9-7-15(8-10-16)13-5-1-2-6-17(13)19/h1-2,5-6,12,19H,3-4,7-11H2/q+1. The minimum Gasteiger partial charge on any atom is -0.368 e. The summed E-state index contributed by atoms with van der Waals surface area (Å²) in [6.45, 7) is 3.50. The van der Waals surface area contributed by atoms with E-state index in [1.807, 2.05) is 17.0 Å². The lowest BCUT2D eigenvalue weighted by molar-refractivity contribution is -0.894. The highest BCUT2D eigenvalue weighted by atomic mass is 16.5. The maximum Gasteiger partial charge on any atom is 0.316 e. The quantitative estimate of drug-likeness (QED) is 0.613. The lowest BCUT2D eigenvalue weighted by Crippen LogP contribution is -2.54. The highest BCUT2D eigenvalue weighted by molar-refractivity contribution is 5.81. The molecule has 1 N–H and O–H groups in total. The Morgan fingerprint density at radius 1 is 1.30 bits per heavy atom. The maximum atomic E-state index is 12.2. The van der Waals surface area contributed by atoms with Gasteiger partial charge in [-0.2, -0.15) is 0 Å². The van der Waals surface area contributed by atoms with Gasteiger partial charge in [-0.15, -0.1) is 0 Å². The molecule has 1 atom stereocenters. The van der Waals surface area contributed by atoms with Gasteiger partial charge in [0.05, 0.1) is 13.1 Å². The molecule has 2 fully saturated rings. The first-order valence-electron chi connectivity index (χ1n) is 7.11. The Balaban J connectivity index is 1.59. The Morgan fingerprint density at radius 2 is 2.10 bits per heavy atom. The lowest BCUT2D eigenvalue weighted by Gasteiger charge is -2.32. The molecule has 20 heavy (non-hydrogen) atoms. The third-order valence-electron chi connectivity index (χ3n) is 3.94. The van der Waals surface area contributed by atoms with Gasteiger partial charge in [0.2, 0.25) is 0 Å². The van der Waals surface area contributed by atoms with Gasteiger partial charge in [-0.3, -0.25) is 9.69 Å². The van der Waals surface area contributed by atoms with Crippen LogP contribution in [-0.4, -0.2) is 54.9 Å². The number of amides is 1. The van der Waals surface area contributed by atoms with Crippen molar-refractivity contribution in [3.05, 3.63) is 24.4 Å². The van der Waals surface area contributed by atoms with Crippen molar-refractivity contribution in [3.8, 4) is 0 Å². The minimum absolute atomic E-state index is 0.118. The average Bonchev–Trinajstić information content (AvgIpc) is 3.01. The predicted molar refractivity (Wildman–Crippen MR) is 71.6 cm³/mol. The smallest absolute Gasteiger partial charge is 0.316 e. The second-order valence-electron chi connectivity index (χ2n) is 5.22. The molecule has 2 saturated heterocycles. The third-order valence-corrected chi connectivity index (χ3v) is 3.94. The van der Waals surface area contributed by atoms with Gasteiger partial charge in [-0.1, -0.05) is 10.8 Å². The first-order valence-corrected chi connectivity index (χ1v) is 7.11. The Kier molecular flexibility index (Phi) is 3.73. The van der Waals surface area contributed by atoms with Gasteiger partial charge >= 0.3 is 5.82 Å². The topological polar surface area (TPSA) is 56.9 Å². The van der Waals surface area contributed by atoms with Gasteiger partial charge in [0.25, 0.3) is 5.91 Å². The van der Waals surface area contributed by atoms with E-state index in [0.717, 1.165) is 36.5 Å². The number of aromatic nitrogens is 1. The predicted octanol–water partition coefficient (Wildman–Crippen LogP) is 0.0390. The van der Waals surface area contributed by atoms with Crippen LogP contribution in [0.15, 0.2) is 24.4 Å². The molecular formula is C14H20N3O3+. The third kappa shape index (κ3) is 2.56. The van der Waals surface area contributed by atoms with Crippen molar-refractivity contribution in [1.82, 2.24) is 4.90 Å². The van der Waals surface area contributed by atoms with Crippen molar-refractivity contribution in [1.29, 1.82) is 0 Å². The van der Waals surface area contributed by atoms with Crippen LogP contribution in [0.2, 0.25) is 0 Å². The van der Waals surface area contributed by atoms with E-state index in [1.54, 1.807) is 12.3 Å². The number of carbonyl (C=O) groups is 1. The summed E-state index contributed by atoms with van der Waals surface area (Å²) in [6, 6.07) is 5.55. The summed E-state index contributed by atoms with van der Waals surface area (Å²) in [7, 11) is 0. The Labute approximate surface area is 118 Å². The van der Waals surface area contributed by atoms with Gasteiger partial charge in [0.1, 0.15) is 25.4 Å². The van der Waals surface area contributed by atoms with Crippen molar-refractivity contribution in [2.45, 2.75) is 18.9 Å². The fourth-order valence-electron chi connectivity index (χ4n) is 2.81. The zero-order valence-corrected chi connectivity index (χ0v) is 11.4. The molecule has 0 spiro atoms. The molecule has 0 radical (unpaired) electrons. The van der Waals surface area contributed by atoms with Gasteiger partial charge < -0.3 is 14.8 Å². The van der Waals surface area contributed by atoms with E-state index < -0.39 is 0 Å². The van der Waals surface area contributed by atoms with Crippen molar-refractivity contribution in [3.63, 3.8) is 0 Å². The van der Waals surface area contributed by atoms with Gasteiger partial charge in [0.15, 0.2) is 0 Å². The number of pyridine rings is 1. The molecule has 0 bridgehead atoms. The van der Waals surface area contributed by atoms with Crippen molar-refractivity contribution in [2.75, 3.05) is 37.7 Å². The number of rotatable bonds is 2. The molecule has 3 rings (SSSR count). The van der Waals surface area contributed by atoms with Crippen LogP contribution in [-0.2, 0) is 9.53 Å². The summed E-state index contributed by atoms with van der Waals surface area (Å²) in [5.41, 5.74) is 0. The Hall–Kier alpha value is -1.82. The number of nitrogens with zero attached hydrogens (tertiary/aromatic N) is 3. The van der Waals surface area contributed by atoms with E-state index in [1.165, 1.54) is 0 Å². The van der Waals surface area contributed by atoms with Gasteiger partial charge in [-0.25, -0.2) is 0 Å². The SMILES string of the molecule is O=C(C1CCCO1)N1CCN(c2cccc[n+]2O)CC1. The van der Waals surface area contributed by atoms with Crippen molar-refractivity contribution >= 4 is 11.7 Å². The fourth-order valence-corrected chi connectivity index (χ4v) is 2.81. The summed E-state index contributed by atoms with van der Waals surface area (Å²) in [5, 5.41) is 9.78. The molecule has 0 saturated carbocycles. The van der Waals surface area contributed by atoms with E-state index >= 15 is 0 Å². The van der Waals surface area contributed by atoms with Crippen LogP contribution in [0.5, 0.6) is 0 Å². The number of carbonyl (C=O) groups excluding carboxylic acids is 1. The summed E-state index contributed by atoms with van der Waals surface area (Å²) in [4.78, 5) is 16.2. The molecule has 1 amide bonds. The number of hydrogen-bond acceptors (Lipinski definition) is 4. The second-order valence-corrected chi connectivity index (χ2v) is 5.22. The number of anilines is 1. The first-order chi connectivity index (χ1) is 9.75. The van der Waals surface area contributed by atoms with Crippen LogP contribution < -0.4 is 9.63 Å². The largest absolute Gasteiger partial charge is 0.368 e. The number of hydrogen-bond donors (Lipinski definition) is 1. The van der Waals surface area contributed by atoms with E-state index in [0.29, 0.717) is 19.7 Å². The molecule has 2 aliphatic rings. The molecule has 1 aromatic heterocycles. The average molecular weight is 278 g/mol. The number of piperazine rings is 1. The summed E-state index contributed by atoms with van der Waals surface area (Å²) < 4.78 is 6.57. The molecule has 1 unspecified atom stereocenters. The van der Waals surface area contributed by atoms with Crippen molar-refractivity contribution in [2.24, 2.45) is 0 Å².